The first-order valence-electron chi connectivity index (χ1n) is 5.29. The Morgan fingerprint density at radius 2 is 2.36 bits per heavy atom. The van der Waals surface area contributed by atoms with Crippen LogP contribution in [0.1, 0.15) is 26.2 Å². The molecule has 1 rings (SSSR count). The van der Waals surface area contributed by atoms with Gasteiger partial charge in [0.1, 0.15) is 0 Å². The van der Waals surface area contributed by atoms with Crippen LogP contribution < -0.4 is 5.32 Å². The molecule has 0 amide bonds. The Hall–Kier alpha value is -0.610. The SMILES string of the molecule is CCOC(=O)CN[C@H]1CCCOCC1. The molecule has 4 heteroatoms. The van der Waals surface area contributed by atoms with E-state index in [0.717, 1.165) is 32.5 Å². The topological polar surface area (TPSA) is 47.6 Å². The van der Waals surface area contributed by atoms with Gasteiger partial charge in [0.25, 0.3) is 0 Å². The fourth-order valence-corrected chi connectivity index (χ4v) is 1.55. The van der Waals surface area contributed by atoms with Gasteiger partial charge in [0.15, 0.2) is 0 Å². The van der Waals surface area contributed by atoms with Crippen molar-refractivity contribution in [2.75, 3.05) is 26.4 Å². The van der Waals surface area contributed by atoms with Crippen molar-refractivity contribution < 1.29 is 14.3 Å². The molecule has 1 heterocycles. The normalized spacial score (nSPS) is 22.8. The summed E-state index contributed by atoms with van der Waals surface area (Å²) in [5.74, 6) is -0.169. The number of hydrogen-bond acceptors (Lipinski definition) is 4. The van der Waals surface area contributed by atoms with Gasteiger partial charge in [-0.1, -0.05) is 0 Å². The first kappa shape index (κ1) is 11.5. The van der Waals surface area contributed by atoms with Gasteiger partial charge in [-0.15, -0.1) is 0 Å². The van der Waals surface area contributed by atoms with E-state index in [1.807, 2.05) is 6.92 Å². The average molecular weight is 201 g/mol. The molecule has 82 valence electrons. The van der Waals surface area contributed by atoms with Crippen molar-refractivity contribution in [2.45, 2.75) is 32.2 Å². The lowest BCUT2D eigenvalue weighted by Gasteiger charge is -2.14. The summed E-state index contributed by atoms with van der Waals surface area (Å²) in [6.45, 7) is 4.22. The van der Waals surface area contributed by atoms with Crippen LogP contribution in [0.15, 0.2) is 0 Å². The molecule has 1 fully saturated rings. The second kappa shape index (κ2) is 6.79. The minimum Gasteiger partial charge on any atom is -0.465 e. The summed E-state index contributed by atoms with van der Waals surface area (Å²) in [5.41, 5.74) is 0. The monoisotopic (exact) mass is 201 g/mol. The van der Waals surface area contributed by atoms with E-state index < -0.39 is 0 Å². The molecule has 0 aromatic heterocycles. The predicted molar refractivity (Wildman–Crippen MR) is 53.1 cm³/mol. The summed E-state index contributed by atoms with van der Waals surface area (Å²) in [6.07, 6.45) is 3.14. The first-order chi connectivity index (χ1) is 6.83. The van der Waals surface area contributed by atoms with Crippen LogP contribution in [0.4, 0.5) is 0 Å². The molecular weight excluding hydrogens is 182 g/mol. The first-order valence-corrected chi connectivity index (χ1v) is 5.29. The fourth-order valence-electron chi connectivity index (χ4n) is 1.55. The second-order valence-corrected chi connectivity index (χ2v) is 3.43. The summed E-state index contributed by atoms with van der Waals surface area (Å²) < 4.78 is 10.2. The number of carbonyl (C=O) groups is 1. The van der Waals surface area contributed by atoms with E-state index in [9.17, 15) is 4.79 Å². The molecule has 0 spiro atoms. The Kier molecular flexibility index (Phi) is 5.56. The quantitative estimate of drug-likeness (QED) is 0.680. The molecule has 1 N–H and O–H groups in total. The zero-order valence-corrected chi connectivity index (χ0v) is 8.75. The molecule has 0 bridgehead atoms. The smallest absolute Gasteiger partial charge is 0.319 e. The van der Waals surface area contributed by atoms with E-state index >= 15 is 0 Å². The summed E-state index contributed by atoms with van der Waals surface area (Å²) in [6, 6.07) is 0.405. The Bertz CT molecular complexity index is 165. The van der Waals surface area contributed by atoms with Crippen molar-refractivity contribution in [1.29, 1.82) is 0 Å². The van der Waals surface area contributed by atoms with Crippen molar-refractivity contribution in [3.05, 3.63) is 0 Å². The highest BCUT2D eigenvalue weighted by molar-refractivity contribution is 5.71. The molecule has 0 saturated carbocycles. The van der Waals surface area contributed by atoms with E-state index in [1.165, 1.54) is 0 Å². The zero-order chi connectivity index (χ0) is 10.2. The van der Waals surface area contributed by atoms with Gasteiger partial charge in [0, 0.05) is 19.3 Å². The van der Waals surface area contributed by atoms with Crippen LogP contribution in [0.3, 0.4) is 0 Å². The standard InChI is InChI=1S/C10H19NO3/c1-2-14-10(12)8-11-9-4-3-6-13-7-5-9/h9,11H,2-8H2,1H3/t9-/m0/s1. The number of ether oxygens (including phenoxy) is 2. The fraction of sp³-hybridized carbons (Fsp3) is 0.900. The summed E-state index contributed by atoms with van der Waals surface area (Å²) in [5, 5.41) is 3.19. The highest BCUT2D eigenvalue weighted by Crippen LogP contribution is 2.07. The number of rotatable bonds is 4. The summed E-state index contributed by atoms with van der Waals surface area (Å²) in [7, 11) is 0. The number of esters is 1. The van der Waals surface area contributed by atoms with Gasteiger partial charge in [0.2, 0.25) is 0 Å². The molecule has 0 aliphatic carbocycles. The zero-order valence-electron chi connectivity index (χ0n) is 8.75. The van der Waals surface area contributed by atoms with Crippen molar-refractivity contribution >= 4 is 5.97 Å². The van der Waals surface area contributed by atoms with Gasteiger partial charge < -0.3 is 14.8 Å². The summed E-state index contributed by atoms with van der Waals surface area (Å²) >= 11 is 0. The number of nitrogens with one attached hydrogen (secondary N) is 1. The second-order valence-electron chi connectivity index (χ2n) is 3.43. The van der Waals surface area contributed by atoms with Crippen LogP contribution in [0.25, 0.3) is 0 Å². The molecule has 1 saturated heterocycles. The minimum absolute atomic E-state index is 0.169. The summed E-state index contributed by atoms with van der Waals surface area (Å²) in [4.78, 5) is 11.1. The third-order valence-electron chi connectivity index (χ3n) is 2.29. The molecular formula is C10H19NO3. The van der Waals surface area contributed by atoms with Gasteiger partial charge in [-0.25, -0.2) is 0 Å². The average Bonchev–Trinajstić information content (AvgIpc) is 2.43. The van der Waals surface area contributed by atoms with Gasteiger partial charge in [-0.3, -0.25) is 4.79 Å². The molecule has 1 aliphatic rings. The van der Waals surface area contributed by atoms with E-state index in [4.69, 9.17) is 9.47 Å². The molecule has 0 aromatic carbocycles. The van der Waals surface area contributed by atoms with Crippen LogP contribution in [-0.2, 0) is 14.3 Å². The van der Waals surface area contributed by atoms with Crippen LogP contribution in [-0.4, -0.2) is 38.4 Å². The Labute approximate surface area is 85.0 Å². The molecule has 14 heavy (non-hydrogen) atoms. The van der Waals surface area contributed by atoms with E-state index in [1.54, 1.807) is 0 Å². The Morgan fingerprint density at radius 3 is 3.14 bits per heavy atom. The molecule has 0 unspecified atom stereocenters. The highest BCUT2D eigenvalue weighted by atomic mass is 16.5. The lowest BCUT2D eigenvalue weighted by molar-refractivity contribution is -0.142. The highest BCUT2D eigenvalue weighted by Gasteiger charge is 2.13. The molecule has 0 radical (unpaired) electrons. The molecule has 1 atom stereocenters. The van der Waals surface area contributed by atoms with Crippen molar-refractivity contribution in [3.8, 4) is 0 Å². The molecule has 0 aromatic rings. The molecule has 1 aliphatic heterocycles. The van der Waals surface area contributed by atoms with Gasteiger partial charge in [-0.05, 0) is 26.2 Å². The number of carbonyl (C=O) groups excluding carboxylic acids is 1. The Balaban J connectivity index is 2.12. The van der Waals surface area contributed by atoms with Gasteiger partial charge in [-0.2, -0.15) is 0 Å². The van der Waals surface area contributed by atoms with Crippen LogP contribution >= 0.6 is 0 Å². The van der Waals surface area contributed by atoms with Crippen molar-refractivity contribution in [1.82, 2.24) is 5.32 Å². The number of hydrogen-bond donors (Lipinski definition) is 1. The lowest BCUT2D eigenvalue weighted by Crippen LogP contribution is -2.34. The molecule has 4 nitrogen and oxygen atoms in total. The minimum atomic E-state index is -0.169. The van der Waals surface area contributed by atoms with E-state index in [0.29, 0.717) is 19.2 Å². The largest absolute Gasteiger partial charge is 0.465 e. The predicted octanol–water partition coefficient (Wildman–Crippen LogP) is 0.708. The third-order valence-corrected chi connectivity index (χ3v) is 2.29. The van der Waals surface area contributed by atoms with E-state index in [-0.39, 0.29) is 5.97 Å². The Morgan fingerprint density at radius 1 is 1.50 bits per heavy atom. The van der Waals surface area contributed by atoms with Crippen LogP contribution in [0, 0.1) is 0 Å². The van der Waals surface area contributed by atoms with Crippen LogP contribution in [0.2, 0.25) is 0 Å². The van der Waals surface area contributed by atoms with Crippen LogP contribution in [0.5, 0.6) is 0 Å². The maximum Gasteiger partial charge on any atom is 0.319 e. The lowest BCUT2D eigenvalue weighted by atomic mass is 10.1. The van der Waals surface area contributed by atoms with Crippen molar-refractivity contribution in [2.24, 2.45) is 0 Å². The third kappa shape index (κ3) is 4.58. The van der Waals surface area contributed by atoms with Gasteiger partial charge in [0.05, 0.1) is 13.2 Å². The maximum atomic E-state index is 11.1. The maximum absolute atomic E-state index is 11.1. The van der Waals surface area contributed by atoms with Gasteiger partial charge >= 0.3 is 5.97 Å². The van der Waals surface area contributed by atoms with Crippen molar-refractivity contribution in [3.63, 3.8) is 0 Å². The van der Waals surface area contributed by atoms with E-state index in [2.05, 4.69) is 5.32 Å².